The Kier molecular flexibility index (Phi) is 3.09. The molecule has 0 saturated carbocycles. The number of benzene rings is 2. The molecule has 0 atom stereocenters. The number of aromatic nitrogens is 2. The van der Waals surface area contributed by atoms with Gasteiger partial charge in [-0.3, -0.25) is 5.10 Å². The van der Waals surface area contributed by atoms with E-state index in [0.717, 1.165) is 17.2 Å². The van der Waals surface area contributed by atoms with E-state index in [0.29, 0.717) is 17.1 Å². The normalized spacial score (nSPS) is 12.7. The zero-order valence-electron chi connectivity index (χ0n) is 12.7. The number of H-pyrrole nitrogens is 1. The molecule has 4 N–H and O–H groups in total. The van der Waals surface area contributed by atoms with E-state index in [1.54, 1.807) is 12.3 Å². The Bertz CT molecular complexity index is 991. The lowest BCUT2D eigenvalue weighted by Crippen LogP contribution is -2.17. The monoisotopic (exact) mass is 325 g/mol. The number of hydrogen-bond acceptors (Lipinski definition) is 4. The number of aryl methyl sites for hydroxylation is 1. The van der Waals surface area contributed by atoms with Crippen molar-refractivity contribution in [2.45, 2.75) is 6.92 Å². The van der Waals surface area contributed by atoms with Gasteiger partial charge in [0.1, 0.15) is 11.7 Å². The molecule has 7 heteroatoms. The highest BCUT2D eigenvalue weighted by Gasteiger charge is 2.23. The van der Waals surface area contributed by atoms with Crippen LogP contribution in [0, 0.1) is 18.6 Å². The summed E-state index contributed by atoms with van der Waals surface area (Å²) in [5.74, 6) is -1.54. The van der Waals surface area contributed by atoms with Crippen molar-refractivity contribution in [2.24, 2.45) is 4.99 Å². The van der Waals surface area contributed by atoms with Gasteiger partial charge in [-0.1, -0.05) is 11.6 Å². The molecule has 24 heavy (non-hydrogen) atoms. The van der Waals surface area contributed by atoms with E-state index >= 15 is 0 Å². The van der Waals surface area contributed by atoms with E-state index < -0.39 is 11.6 Å². The number of nitrogens with two attached hydrogens (primary N) is 1. The van der Waals surface area contributed by atoms with Crippen LogP contribution in [0.4, 0.5) is 25.8 Å². The molecule has 0 amide bonds. The van der Waals surface area contributed by atoms with Crippen LogP contribution in [-0.4, -0.2) is 16.0 Å². The maximum absolute atomic E-state index is 14.4. The summed E-state index contributed by atoms with van der Waals surface area (Å²) in [6.45, 7) is 1.95. The standard InChI is InChI=1S/C17H13F2N5/c1-8-2-5-12-9(6-8)16-13(7-21-24-16)23-17(22-12)14-10(18)3-4-11(20)15(14)19/h2-7H,20H2,1H3,(H,21,24)(H,22,23). The van der Waals surface area contributed by atoms with Gasteiger partial charge in [-0.25, -0.2) is 13.8 Å². The Labute approximate surface area is 136 Å². The Morgan fingerprint density at radius 1 is 1.12 bits per heavy atom. The minimum atomic E-state index is -0.846. The first-order chi connectivity index (χ1) is 11.5. The number of fused-ring (bicyclic) bond motifs is 3. The summed E-state index contributed by atoms with van der Waals surface area (Å²) in [5.41, 5.74) is 8.85. The molecule has 0 aliphatic carbocycles. The zero-order chi connectivity index (χ0) is 16.8. The first-order valence-corrected chi connectivity index (χ1v) is 7.28. The van der Waals surface area contributed by atoms with Gasteiger partial charge in [-0.15, -0.1) is 0 Å². The molecule has 0 fully saturated rings. The maximum atomic E-state index is 14.4. The molecule has 0 spiro atoms. The predicted molar refractivity (Wildman–Crippen MR) is 89.4 cm³/mol. The number of aliphatic imine (C=N–C) groups is 1. The Morgan fingerprint density at radius 2 is 1.96 bits per heavy atom. The minimum absolute atomic E-state index is 0.0440. The molecule has 0 saturated heterocycles. The third-order valence-electron chi connectivity index (χ3n) is 3.90. The van der Waals surface area contributed by atoms with Gasteiger partial charge in [0.25, 0.3) is 0 Å². The number of aromatic amines is 1. The molecule has 120 valence electrons. The molecule has 1 aromatic heterocycles. The van der Waals surface area contributed by atoms with Crippen molar-refractivity contribution in [3.05, 3.63) is 59.3 Å². The summed E-state index contributed by atoms with van der Waals surface area (Å²) in [6, 6.07) is 7.92. The summed E-state index contributed by atoms with van der Waals surface area (Å²) >= 11 is 0. The SMILES string of the molecule is Cc1ccc2c(c1)-c1[nH]ncc1NC(c1c(F)ccc(N)c1F)=N2. The van der Waals surface area contributed by atoms with Gasteiger partial charge in [0.2, 0.25) is 0 Å². The molecule has 4 rings (SSSR count). The van der Waals surface area contributed by atoms with Crippen LogP contribution in [0.3, 0.4) is 0 Å². The lowest BCUT2D eigenvalue weighted by atomic mass is 10.1. The lowest BCUT2D eigenvalue weighted by Gasteiger charge is -2.10. The number of halogens is 2. The summed E-state index contributed by atoms with van der Waals surface area (Å²) in [4.78, 5) is 4.42. The number of nitrogen functional groups attached to an aromatic ring is 1. The lowest BCUT2D eigenvalue weighted by molar-refractivity contribution is 0.582. The number of anilines is 2. The quantitative estimate of drug-likeness (QED) is 0.596. The zero-order valence-corrected chi connectivity index (χ0v) is 12.7. The van der Waals surface area contributed by atoms with Gasteiger partial charge in [0.05, 0.1) is 34.5 Å². The van der Waals surface area contributed by atoms with E-state index in [1.807, 2.05) is 19.1 Å². The Morgan fingerprint density at radius 3 is 2.79 bits per heavy atom. The van der Waals surface area contributed by atoms with Crippen LogP contribution in [0.5, 0.6) is 0 Å². The van der Waals surface area contributed by atoms with Gasteiger partial charge in [-0.2, -0.15) is 5.10 Å². The summed E-state index contributed by atoms with van der Waals surface area (Å²) in [7, 11) is 0. The number of amidine groups is 1. The molecule has 2 heterocycles. The molecule has 2 aromatic carbocycles. The van der Waals surface area contributed by atoms with Crippen molar-refractivity contribution < 1.29 is 8.78 Å². The molecule has 1 aliphatic heterocycles. The minimum Gasteiger partial charge on any atom is -0.396 e. The van der Waals surface area contributed by atoms with E-state index in [2.05, 4.69) is 20.5 Å². The van der Waals surface area contributed by atoms with Gasteiger partial charge >= 0.3 is 0 Å². The first-order valence-electron chi connectivity index (χ1n) is 7.28. The van der Waals surface area contributed by atoms with Crippen molar-refractivity contribution in [3.8, 4) is 11.3 Å². The third-order valence-corrected chi connectivity index (χ3v) is 3.90. The molecule has 1 aliphatic rings. The van der Waals surface area contributed by atoms with Crippen molar-refractivity contribution in [1.82, 2.24) is 10.2 Å². The predicted octanol–water partition coefficient (Wildman–Crippen LogP) is 3.75. The van der Waals surface area contributed by atoms with E-state index in [4.69, 9.17) is 5.73 Å². The molecule has 0 bridgehead atoms. The Hall–Kier alpha value is -3.22. The van der Waals surface area contributed by atoms with Crippen LogP contribution < -0.4 is 11.1 Å². The number of rotatable bonds is 1. The highest BCUT2D eigenvalue weighted by molar-refractivity contribution is 6.13. The van der Waals surface area contributed by atoms with Crippen LogP contribution in [0.2, 0.25) is 0 Å². The van der Waals surface area contributed by atoms with Gasteiger partial charge in [0.15, 0.2) is 5.82 Å². The largest absolute Gasteiger partial charge is 0.396 e. The fourth-order valence-electron chi connectivity index (χ4n) is 2.71. The van der Waals surface area contributed by atoms with Crippen LogP contribution in [0.25, 0.3) is 11.3 Å². The molecule has 5 nitrogen and oxygen atoms in total. The molecule has 0 unspecified atom stereocenters. The molecule has 3 aromatic rings. The van der Waals surface area contributed by atoms with Crippen molar-refractivity contribution in [2.75, 3.05) is 11.1 Å². The van der Waals surface area contributed by atoms with Crippen LogP contribution in [0.1, 0.15) is 11.1 Å². The smallest absolute Gasteiger partial charge is 0.159 e. The van der Waals surface area contributed by atoms with Gasteiger partial charge < -0.3 is 11.1 Å². The fraction of sp³-hybridized carbons (Fsp3) is 0.0588. The summed E-state index contributed by atoms with van der Waals surface area (Å²) in [6.07, 6.45) is 1.55. The van der Waals surface area contributed by atoms with E-state index in [-0.39, 0.29) is 17.1 Å². The molecular weight excluding hydrogens is 312 g/mol. The van der Waals surface area contributed by atoms with Crippen molar-refractivity contribution in [3.63, 3.8) is 0 Å². The van der Waals surface area contributed by atoms with Crippen molar-refractivity contribution in [1.29, 1.82) is 0 Å². The average molecular weight is 325 g/mol. The molecule has 0 radical (unpaired) electrons. The molecular formula is C17H13F2N5. The van der Waals surface area contributed by atoms with Gasteiger partial charge in [-0.05, 0) is 31.2 Å². The van der Waals surface area contributed by atoms with E-state index in [9.17, 15) is 8.78 Å². The average Bonchev–Trinajstić information content (AvgIpc) is 2.95. The number of hydrogen-bond donors (Lipinski definition) is 3. The third kappa shape index (κ3) is 2.13. The topological polar surface area (TPSA) is 79.1 Å². The van der Waals surface area contributed by atoms with E-state index in [1.165, 1.54) is 6.07 Å². The number of nitrogens with zero attached hydrogens (tertiary/aromatic N) is 2. The maximum Gasteiger partial charge on any atom is 0.159 e. The first kappa shape index (κ1) is 14.4. The Balaban J connectivity index is 2.00. The second-order valence-corrected chi connectivity index (χ2v) is 5.59. The second kappa shape index (κ2) is 5.16. The van der Waals surface area contributed by atoms with Crippen LogP contribution in [-0.2, 0) is 0 Å². The number of nitrogens with one attached hydrogen (secondary N) is 2. The summed E-state index contributed by atoms with van der Waals surface area (Å²) in [5, 5.41) is 9.86. The van der Waals surface area contributed by atoms with Crippen LogP contribution in [0.15, 0.2) is 41.5 Å². The van der Waals surface area contributed by atoms with Crippen molar-refractivity contribution >= 4 is 22.9 Å². The summed E-state index contributed by atoms with van der Waals surface area (Å²) < 4.78 is 28.7. The highest BCUT2D eigenvalue weighted by Crippen LogP contribution is 2.38. The second-order valence-electron chi connectivity index (χ2n) is 5.59. The van der Waals surface area contributed by atoms with Crippen LogP contribution >= 0.6 is 0 Å². The fourth-order valence-corrected chi connectivity index (χ4v) is 2.71. The highest BCUT2D eigenvalue weighted by atomic mass is 19.1. The van der Waals surface area contributed by atoms with Gasteiger partial charge in [0, 0.05) is 5.56 Å².